The highest BCUT2D eigenvalue weighted by Gasteiger charge is 2.47. The molecule has 0 unspecified atom stereocenters. The third kappa shape index (κ3) is 5.06. The van der Waals surface area contributed by atoms with Crippen molar-refractivity contribution >= 4 is 33.5 Å². The average molecular weight is 554 g/mol. The highest BCUT2D eigenvalue weighted by atomic mass is 32.3. The van der Waals surface area contributed by atoms with Gasteiger partial charge in [0, 0.05) is 47.8 Å². The summed E-state index contributed by atoms with van der Waals surface area (Å²) in [6.07, 6.45) is 6.66. The van der Waals surface area contributed by atoms with Crippen LogP contribution in [0.3, 0.4) is 0 Å². The van der Waals surface area contributed by atoms with E-state index in [0.717, 1.165) is 42.6 Å². The van der Waals surface area contributed by atoms with Crippen LogP contribution in [0.25, 0.3) is 22.2 Å². The maximum absolute atomic E-state index is 13.4. The quantitative estimate of drug-likeness (QED) is 0.365. The summed E-state index contributed by atoms with van der Waals surface area (Å²) in [4.78, 5) is 24.8. The first-order valence-corrected chi connectivity index (χ1v) is 15.9. The molecule has 6 rings (SSSR count). The van der Waals surface area contributed by atoms with Crippen LogP contribution in [0.2, 0.25) is 0 Å². The molecule has 1 aromatic carbocycles. The third-order valence-electron chi connectivity index (χ3n) is 7.92. The number of hydrogen-bond acceptors (Lipinski definition) is 9. The molecule has 3 aliphatic rings. The van der Waals surface area contributed by atoms with Gasteiger partial charge >= 0.3 is 0 Å². The van der Waals surface area contributed by atoms with Gasteiger partial charge < -0.3 is 14.6 Å². The van der Waals surface area contributed by atoms with Crippen LogP contribution in [0.15, 0.2) is 40.3 Å². The van der Waals surface area contributed by atoms with Crippen LogP contribution >= 0.6 is 21.9 Å². The van der Waals surface area contributed by atoms with Crippen LogP contribution in [0, 0.1) is 17.2 Å². The van der Waals surface area contributed by atoms with Crippen molar-refractivity contribution in [1.82, 2.24) is 15.3 Å². The summed E-state index contributed by atoms with van der Waals surface area (Å²) in [7, 11) is -2.45. The summed E-state index contributed by atoms with van der Waals surface area (Å²) in [6, 6.07) is 10.4. The highest BCUT2D eigenvalue weighted by molar-refractivity contribution is 8.24. The van der Waals surface area contributed by atoms with E-state index in [1.54, 1.807) is 6.20 Å². The lowest BCUT2D eigenvalue weighted by molar-refractivity contribution is -0.127. The molecule has 0 spiro atoms. The number of aromatic nitrogens is 2. The normalized spacial score (nSPS) is 24.8. The zero-order valence-electron chi connectivity index (χ0n) is 21.0. The monoisotopic (exact) mass is 553 g/mol. The van der Waals surface area contributed by atoms with E-state index in [2.05, 4.69) is 21.3 Å². The zero-order valence-corrected chi connectivity index (χ0v) is 22.6. The third-order valence-corrected chi connectivity index (χ3v) is 10.4. The Morgan fingerprint density at radius 2 is 1.92 bits per heavy atom. The van der Waals surface area contributed by atoms with Crippen LogP contribution in [-0.2, 0) is 4.79 Å². The molecule has 1 aliphatic heterocycles. The first-order valence-electron chi connectivity index (χ1n) is 13.1. The molecule has 0 bridgehead atoms. The number of rotatable bonds is 6. The highest BCUT2D eigenvalue weighted by Crippen LogP contribution is 2.45. The molecule has 2 atom stereocenters. The van der Waals surface area contributed by atoms with Crippen molar-refractivity contribution in [2.24, 2.45) is 5.92 Å². The molecule has 2 aliphatic carbocycles. The molecule has 200 valence electrons. The number of amides is 1. The van der Waals surface area contributed by atoms with Crippen molar-refractivity contribution in [1.29, 1.82) is 5.26 Å². The molecule has 38 heavy (non-hydrogen) atoms. The van der Waals surface area contributed by atoms with Crippen LogP contribution in [0.1, 0.15) is 50.2 Å². The van der Waals surface area contributed by atoms with Gasteiger partial charge in [0.1, 0.15) is 17.0 Å². The van der Waals surface area contributed by atoms with Crippen LogP contribution < -0.4 is 10.2 Å². The van der Waals surface area contributed by atoms with Crippen molar-refractivity contribution in [2.75, 3.05) is 29.5 Å². The predicted octanol–water partition coefficient (Wildman–Crippen LogP) is 5.48. The topological polar surface area (TPSA) is 136 Å². The Bertz CT molecular complexity index is 1330. The Morgan fingerprint density at radius 3 is 2.58 bits per heavy atom. The van der Waals surface area contributed by atoms with Gasteiger partial charge in [-0.05, 0) is 37.8 Å². The summed E-state index contributed by atoms with van der Waals surface area (Å²) in [6.45, 7) is 1.21. The van der Waals surface area contributed by atoms with Gasteiger partial charge in [-0.2, -0.15) is 15.9 Å². The minimum Gasteiger partial charge on any atom is -0.438 e. The molecule has 3 N–H and O–H groups in total. The largest absolute Gasteiger partial charge is 0.438 e. The average Bonchev–Trinajstić information content (AvgIpc) is 3.30. The molecular formula is C27H31N5O4S2. The lowest BCUT2D eigenvalue weighted by atomic mass is 9.76. The zero-order chi connectivity index (χ0) is 26.3. The molecule has 3 aromatic rings. The van der Waals surface area contributed by atoms with Gasteiger partial charge in [0.15, 0.2) is 5.01 Å². The second-order valence-corrected chi connectivity index (χ2v) is 13.8. The van der Waals surface area contributed by atoms with Crippen molar-refractivity contribution in [3.05, 3.63) is 41.6 Å². The van der Waals surface area contributed by atoms with E-state index >= 15 is 0 Å². The van der Waals surface area contributed by atoms with Gasteiger partial charge in [0.2, 0.25) is 5.91 Å². The first kappa shape index (κ1) is 25.4. The minimum absolute atomic E-state index is 0.0710. The fraction of sp³-hybridized carbons (Fsp3) is 0.481. The number of carbonyl (C=O) groups excluding carboxylic acids is 1. The molecule has 1 saturated heterocycles. The molecule has 9 nitrogen and oxygen atoms in total. The Labute approximate surface area is 227 Å². The number of anilines is 1. The first-order chi connectivity index (χ1) is 18.4. The Hall–Kier alpha value is -2.91. The summed E-state index contributed by atoms with van der Waals surface area (Å²) in [5.41, 5.74) is 1.94. The number of oxazole rings is 1. The van der Waals surface area contributed by atoms with Crippen LogP contribution in [0.5, 0.6) is 0 Å². The molecule has 2 aromatic heterocycles. The molecular weight excluding hydrogens is 522 g/mol. The van der Waals surface area contributed by atoms with Crippen molar-refractivity contribution in [3.63, 3.8) is 0 Å². The number of nitrogens with one attached hydrogen (secondary N) is 1. The van der Waals surface area contributed by atoms with Gasteiger partial charge in [-0.25, -0.2) is 9.97 Å². The maximum Gasteiger partial charge on any atom is 0.256 e. The van der Waals surface area contributed by atoms with E-state index < -0.39 is 16.1 Å². The van der Waals surface area contributed by atoms with Gasteiger partial charge in [-0.3, -0.25) is 13.9 Å². The molecule has 0 radical (unpaired) electrons. The number of hydrogen-bond donors (Lipinski definition) is 3. The lowest BCUT2D eigenvalue weighted by Crippen LogP contribution is -2.42. The molecule has 1 amide bonds. The van der Waals surface area contributed by atoms with Crippen LogP contribution in [0.4, 0.5) is 5.69 Å². The number of nitrogens with zero attached hydrogens (tertiary/aromatic N) is 4. The fourth-order valence-corrected chi connectivity index (χ4v) is 7.29. The summed E-state index contributed by atoms with van der Waals surface area (Å²) in [5, 5.41) is 15.1. The number of benzene rings is 1. The second-order valence-electron chi connectivity index (χ2n) is 10.5. The van der Waals surface area contributed by atoms with Crippen LogP contribution in [-0.4, -0.2) is 55.1 Å². The van der Waals surface area contributed by atoms with E-state index in [4.69, 9.17) is 9.40 Å². The minimum atomic E-state index is -2.45. The summed E-state index contributed by atoms with van der Waals surface area (Å²) >= 11 is 1.46. The molecule has 3 fully saturated rings. The summed E-state index contributed by atoms with van der Waals surface area (Å²) in [5.74, 6) is 1.44. The smallest absolute Gasteiger partial charge is 0.256 e. The van der Waals surface area contributed by atoms with E-state index in [9.17, 15) is 19.2 Å². The number of carbonyl (C=O) groups is 1. The van der Waals surface area contributed by atoms with E-state index in [-0.39, 0.29) is 17.7 Å². The van der Waals surface area contributed by atoms with Gasteiger partial charge in [0.05, 0.1) is 17.6 Å². The Balaban J connectivity index is 1.32. The number of nitriles is 1. The Morgan fingerprint density at radius 1 is 1.18 bits per heavy atom. The molecule has 11 heteroatoms. The van der Waals surface area contributed by atoms with E-state index in [0.29, 0.717) is 54.1 Å². The number of thiazole rings is 1. The van der Waals surface area contributed by atoms with Crippen molar-refractivity contribution in [3.8, 4) is 28.2 Å². The second kappa shape index (κ2) is 10.0. The van der Waals surface area contributed by atoms with E-state index in [1.165, 1.54) is 11.3 Å². The van der Waals surface area contributed by atoms with Gasteiger partial charge in [0.25, 0.3) is 5.89 Å². The standard InChI is InChI=1S/C27H31N5O4S2/c28-17-27(9-10-27)31-24(33)21-4-2-1-3-20(21)23-22(30-25(36-23)26-29-11-14-37-26)18-5-7-19(8-6-18)32-12-15-38(34,35)16-13-32/h5-8,11,14,20-21,34-35H,1-4,9-10,12-13,15-16H2,(H,31,33)/t20-,21-/m1/s1. The van der Waals surface area contributed by atoms with Crippen molar-refractivity contribution < 1.29 is 18.3 Å². The summed E-state index contributed by atoms with van der Waals surface area (Å²) < 4.78 is 26.3. The predicted molar refractivity (Wildman–Crippen MR) is 148 cm³/mol. The van der Waals surface area contributed by atoms with E-state index in [1.807, 2.05) is 29.6 Å². The molecule has 3 heterocycles. The Kier molecular flexibility index (Phi) is 6.68. The van der Waals surface area contributed by atoms with Crippen molar-refractivity contribution in [2.45, 2.75) is 50.0 Å². The van der Waals surface area contributed by atoms with Gasteiger partial charge in [-0.15, -0.1) is 11.3 Å². The van der Waals surface area contributed by atoms with Gasteiger partial charge in [-0.1, -0.05) is 25.0 Å². The lowest BCUT2D eigenvalue weighted by Gasteiger charge is -2.41. The fourth-order valence-electron chi connectivity index (χ4n) is 5.50. The SMILES string of the molecule is N#CC1(NC(=O)[C@@H]2CCCC[C@H]2c2oc(-c3nccs3)nc2-c2ccc(N3CCS(O)(O)CC3)cc2)CC1. The molecule has 2 saturated carbocycles. The maximum atomic E-state index is 13.4.